The Balaban J connectivity index is 0.00000147. The lowest BCUT2D eigenvalue weighted by Crippen LogP contribution is -2.55. The van der Waals surface area contributed by atoms with E-state index in [0.29, 0.717) is 6.04 Å². The maximum atomic E-state index is 12.0. The fourth-order valence-electron chi connectivity index (χ4n) is 2.76. The number of carbonyl (C=O) groups excluding carboxylic acids is 1. The number of amides is 1. The van der Waals surface area contributed by atoms with Gasteiger partial charge in [0.25, 0.3) is 0 Å². The van der Waals surface area contributed by atoms with Crippen LogP contribution >= 0.6 is 12.4 Å². The van der Waals surface area contributed by atoms with Crippen molar-refractivity contribution >= 4 is 24.0 Å². The zero-order valence-electron chi connectivity index (χ0n) is 11.5. The summed E-state index contributed by atoms with van der Waals surface area (Å²) in [6.07, 6.45) is 2.23. The molecule has 1 atom stereocenters. The van der Waals surface area contributed by atoms with Crippen molar-refractivity contribution in [2.75, 3.05) is 31.1 Å². The van der Waals surface area contributed by atoms with Crippen LogP contribution < -0.4 is 15.5 Å². The van der Waals surface area contributed by atoms with Crippen molar-refractivity contribution < 1.29 is 4.79 Å². The average molecular weight is 296 g/mol. The fraction of sp³-hybridized carbons (Fsp3) is 0.533. The molecule has 110 valence electrons. The molecule has 1 aromatic rings. The second kappa shape index (κ2) is 6.95. The van der Waals surface area contributed by atoms with Gasteiger partial charge in [-0.3, -0.25) is 4.79 Å². The van der Waals surface area contributed by atoms with Crippen molar-refractivity contribution in [3.8, 4) is 0 Å². The van der Waals surface area contributed by atoms with Crippen molar-refractivity contribution in [3.63, 3.8) is 0 Å². The topological polar surface area (TPSA) is 44.4 Å². The van der Waals surface area contributed by atoms with Gasteiger partial charge >= 0.3 is 0 Å². The van der Waals surface area contributed by atoms with Crippen LogP contribution in [0.25, 0.3) is 0 Å². The van der Waals surface area contributed by atoms with Crippen LogP contribution in [0.3, 0.4) is 0 Å². The molecule has 2 fully saturated rings. The molecule has 20 heavy (non-hydrogen) atoms. The van der Waals surface area contributed by atoms with Crippen LogP contribution in [-0.4, -0.2) is 38.1 Å². The van der Waals surface area contributed by atoms with Crippen LogP contribution in [0.15, 0.2) is 30.3 Å². The summed E-state index contributed by atoms with van der Waals surface area (Å²) in [5.41, 5.74) is 1.26. The first kappa shape index (κ1) is 15.1. The molecule has 0 spiro atoms. The second-order valence-electron chi connectivity index (χ2n) is 5.48. The summed E-state index contributed by atoms with van der Waals surface area (Å²) < 4.78 is 0. The zero-order chi connectivity index (χ0) is 13.1. The Morgan fingerprint density at radius 1 is 1.25 bits per heavy atom. The minimum absolute atomic E-state index is 0. The molecule has 0 aliphatic carbocycles. The van der Waals surface area contributed by atoms with E-state index in [9.17, 15) is 4.79 Å². The molecule has 2 N–H and O–H groups in total. The highest BCUT2D eigenvalue weighted by Crippen LogP contribution is 2.19. The molecule has 0 saturated carbocycles. The van der Waals surface area contributed by atoms with E-state index in [1.54, 1.807) is 0 Å². The number of hydrogen-bond donors (Lipinski definition) is 2. The number of halogens is 1. The maximum absolute atomic E-state index is 12.0. The van der Waals surface area contributed by atoms with Crippen LogP contribution in [0.2, 0.25) is 0 Å². The Hall–Kier alpha value is -1.26. The summed E-state index contributed by atoms with van der Waals surface area (Å²) in [6.45, 7) is 3.68. The third-order valence-corrected chi connectivity index (χ3v) is 4.04. The summed E-state index contributed by atoms with van der Waals surface area (Å²) in [5.74, 6) is 0.408. The summed E-state index contributed by atoms with van der Waals surface area (Å²) in [6, 6.07) is 10.7. The Kier molecular flexibility index (Phi) is 5.26. The second-order valence-corrected chi connectivity index (χ2v) is 5.48. The molecule has 2 heterocycles. The number of nitrogens with one attached hydrogen (secondary N) is 2. The van der Waals surface area contributed by atoms with Crippen molar-refractivity contribution in [2.24, 2.45) is 5.92 Å². The number of hydrogen-bond acceptors (Lipinski definition) is 3. The Labute approximate surface area is 126 Å². The third-order valence-electron chi connectivity index (χ3n) is 4.04. The molecule has 1 amide bonds. The van der Waals surface area contributed by atoms with Crippen molar-refractivity contribution in [2.45, 2.75) is 18.9 Å². The van der Waals surface area contributed by atoms with Gasteiger partial charge in [0.2, 0.25) is 5.91 Å². The molecular weight excluding hydrogens is 274 g/mol. The normalized spacial score (nSPS) is 22.6. The Morgan fingerprint density at radius 3 is 2.65 bits per heavy atom. The lowest BCUT2D eigenvalue weighted by molar-refractivity contribution is -0.127. The first-order chi connectivity index (χ1) is 9.33. The highest BCUT2D eigenvalue weighted by molar-refractivity contribution is 5.85. The molecule has 4 nitrogen and oxygen atoms in total. The maximum Gasteiger partial charge on any atom is 0.225 e. The van der Waals surface area contributed by atoms with Gasteiger partial charge in [-0.1, -0.05) is 18.2 Å². The molecular formula is C15H22ClN3O. The van der Waals surface area contributed by atoms with Gasteiger partial charge in [-0.05, 0) is 25.0 Å². The Bertz CT molecular complexity index is 436. The van der Waals surface area contributed by atoms with Crippen LogP contribution in [-0.2, 0) is 4.79 Å². The number of rotatable bonds is 3. The molecule has 3 rings (SSSR count). The van der Waals surface area contributed by atoms with Crippen LogP contribution in [0.4, 0.5) is 5.69 Å². The number of anilines is 1. The van der Waals surface area contributed by atoms with Crippen molar-refractivity contribution in [1.82, 2.24) is 10.6 Å². The van der Waals surface area contributed by atoms with Crippen LogP contribution in [0.5, 0.6) is 0 Å². The first-order valence-corrected chi connectivity index (χ1v) is 7.14. The molecule has 5 heteroatoms. The molecule has 0 radical (unpaired) electrons. The molecule has 2 saturated heterocycles. The number of nitrogens with zero attached hydrogens (tertiary/aromatic N) is 1. The van der Waals surface area contributed by atoms with Gasteiger partial charge < -0.3 is 15.5 Å². The number of benzene rings is 1. The number of para-hydroxylation sites is 1. The minimum Gasteiger partial charge on any atom is -0.369 e. The van der Waals surface area contributed by atoms with Gasteiger partial charge in [-0.2, -0.15) is 0 Å². The van der Waals surface area contributed by atoms with E-state index < -0.39 is 0 Å². The fourth-order valence-corrected chi connectivity index (χ4v) is 2.76. The number of carbonyl (C=O) groups is 1. The van der Waals surface area contributed by atoms with Gasteiger partial charge in [0.15, 0.2) is 0 Å². The van der Waals surface area contributed by atoms with Gasteiger partial charge in [-0.25, -0.2) is 0 Å². The van der Waals surface area contributed by atoms with Gasteiger partial charge in [0.05, 0.1) is 5.92 Å². The van der Waals surface area contributed by atoms with Crippen LogP contribution in [0.1, 0.15) is 12.8 Å². The molecule has 1 unspecified atom stereocenters. The van der Waals surface area contributed by atoms with Gasteiger partial charge in [0, 0.05) is 37.9 Å². The van der Waals surface area contributed by atoms with E-state index in [2.05, 4.69) is 39.8 Å². The average Bonchev–Trinajstić information content (AvgIpc) is 2.38. The van der Waals surface area contributed by atoms with E-state index in [1.807, 2.05) is 6.07 Å². The molecule has 2 aliphatic heterocycles. The van der Waals surface area contributed by atoms with Crippen LogP contribution in [0, 0.1) is 5.92 Å². The van der Waals surface area contributed by atoms with Crippen molar-refractivity contribution in [1.29, 1.82) is 0 Å². The Morgan fingerprint density at radius 2 is 2.00 bits per heavy atom. The van der Waals surface area contributed by atoms with E-state index in [0.717, 1.165) is 39.0 Å². The highest BCUT2D eigenvalue weighted by atomic mass is 35.5. The largest absolute Gasteiger partial charge is 0.369 e. The zero-order valence-corrected chi connectivity index (χ0v) is 12.4. The summed E-state index contributed by atoms with van der Waals surface area (Å²) in [4.78, 5) is 14.3. The molecule has 2 aliphatic rings. The van der Waals surface area contributed by atoms with E-state index in [1.165, 1.54) is 5.69 Å². The predicted molar refractivity (Wildman–Crippen MR) is 83.4 cm³/mol. The third kappa shape index (κ3) is 3.44. The summed E-state index contributed by atoms with van der Waals surface area (Å²) in [7, 11) is 0. The van der Waals surface area contributed by atoms with Gasteiger partial charge in [0.1, 0.15) is 0 Å². The predicted octanol–water partition coefficient (Wildman–Crippen LogP) is 1.41. The summed E-state index contributed by atoms with van der Waals surface area (Å²) in [5, 5.41) is 6.34. The lowest BCUT2D eigenvalue weighted by atomic mass is 10.00. The highest BCUT2D eigenvalue weighted by Gasteiger charge is 2.28. The smallest absolute Gasteiger partial charge is 0.225 e. The lowest BCUT2D eigenvalue weighted by Gasteiger charge is -2.36. The van der Waals surface area contributed by atoms with Crippen molar-refractivity contribution in [3.05, 3.63) is 30.3 Å². The SMILES string of the molecule is Cl.O=C(NC1CCCN(c2ccccc2)C1)C1CNC1. The van der Waals surface area contributed by atoms with E-state index >= 15 is 0 Å². The summed E-state index contributed by atoms with van der Waals surface area (Å²) >= 11 is 0. The quantitative estimate of drug-likeness (QED) is 0.886. The first-order valence-electron chi connectivity index (χ1n) is 7.14. The monoisotopic (exact) mass is 295 g/mol. The molecule has 1 aromatic carbocycles. The molecule has 0 bridgehead atoms. The molecule has 0 aromatic heterocycles. The number of piperidine rings is 1. The minimum atomic E-state index is 0. The van der Waals surface area contributed by atoms with E-state index in [-0.39, 0.29) is 24.2 Å². The van der Waals surface area contributed by atoms with E-state index in [4.69, 9.17) is 0 Å². The standard InChI is InChI=1S/C15H21N3O.ClH/c19-15(12-9-16-10-12)17-13-5-4-8-18(11-13)14-6-2-1-3-7-14;/h1-3,6-7,12-13,16H,4-5,8-11H2,(H,17,19);1H. The van der Waals surface area contributed by atoms with Gasteiger partial charge in [-0.15, -0.1) is 12.4 Å².